The molecule has 3 nitrogen and oxygen atoms in total. The third kappa shape index (κ3) is 2.62. The van der Waals surface area contributed by atoms with Crippen molar-refractivity contribution in [2.24, 2.45) is 0 Å². The van der Waals surface area contributed by atoms with Crippen molar-refractivity contribution in [2.75, 3.05) is 18.8 Å². The number of piperazine rings is 1. The van der Waals surface area contributed by atoms with Gasteiger partial charge in [0, 0.05) is 36.7 Å². The van der Waals surface area contributed by atoms with Crippen LogP contribution in [0.4, 0.5) is 0 Å². The zero-order valence-electron chi connectivity index (χ0n) is 10.6. The molecule has 0 radical (unpaired) electrons. The molecule has 0 spiro atoms. The third-order valence-electron chi connectivity index (χ3n) is 4.08. The van der Waals surface area contributed by atoms with Crippen molar-refractivity contribution < 1.29 is 4.79 Å². The summed E-state index contributed by atoms with van der Waals surface area (Å²) >= 11 is 10.1. The van der Waals surface area contributed by atoms with Crippen molar-refractivity contribution in [1.29, 1.82) is 0 Å². The average molecular weight is 297 g/mol. The van der Waals surface area contributed by atoms with Crippen LogP contribution in [0.3, 0.4) is 0 Å². The van der Waals surface area contributed by atoms with Gasteiger partial charge in [-0.1, -0.05) is 23.7 Å². The number of nitrogens with zero attached hydrogens (tertiary/aromatic N) is 2. The Morgan fingerprint density at radius 1 is 1.37 bits per heavy atom. The molecule has 3 rings (SSSR count). The van der Waals surface area contributed by atoms with Gasteiger partial charge < -0.3 is 4.90 Å². The molecule has 2 bridgehead atoms. The second-order valence-corrected chi connectivity index (χ2v) is 6.06. The molecule has 1 aromatic carbocycles. The van der Waals surface area contributed by atoms with E-state index in [0.717, 1.165) is 31.1 Å². The molecular formula is C14H17ClN2OS. The lowest BCUT2D eigenvalue weighted by atomic mass is 10.2. The van der Waals surface area contributed by atoms with Gasteiger partial charge in [-0.2, -0.15) is 12.6 Å². The summed E-state index contributed by atoms with van der Waals surface area (Å²) in [5, 5.41) is 0.786. The van der Waals surface area contributed by atoms with Gasteiger partial charge in [-0.25, -0.2) is 0 Å². The largest absolute Gasteiger partial charge is 0.336 e. The summed E-state index contributed by atoms with van der Waals surface area (Å²) in [5.41, 5.74) is 1.24. The lowest BCUT2D eigenvalue weighted by Gasteiger charge is -2.34. The number of benzene rings is 1. The minimum absolute atomic E-state index is 0.165. The topological polar surface area (TPSA) is 23.6 Å². The molecule has 2 fully saturated rings. The molecule has 5 heteroatoms. The molecule has 0 saturated carbocycles. The summed E-state index contributed by atoms with van der Waals surface area (Å²) in [7, 11) is 0. The highest BCUT2D eigenvalue weighted by atomic mass is 35.5. The van der Waals surface area contributed by atoms with Gasteiger partial charge in [-0.3, -0.25) is 9.69 Å². The molecule has 1 aromatic rings. The van der Waals surface area contributed by atoms with E-state index in [9.17, 15) is 4.79 Å². The zero-order chi connectivity index (χ0) is 13.4. The number of thiol groups is 1. The smallest absolute Gasteiger partial charge is 0.232 e. The summed E-state index contributed by atoms with van der Waals surface area (Å²) in [5.74, 6) is 0.482. The van der Waals surface area contributed by atoms with Crippen LogP contribution in [0.25, 0.3) is 0 Å². The molecule has 2 heterocycles. The predicted octanol–water partition coefficient (Wildman–Crippen LogP) is 2.05. The molecule has 2 aliphatic rings. The molecule has 102 valence electrons. The van der Waals surface area contributed by atoms with Crippen molar-refractivity contribution in [3.63, 3.8) is 0 Å². The molecule has 19 heavy (non-hydrogen) atoms. The number of carbonyl (C=O) groups is 1. The fraction of sp³-hybridized carbons (Fsp3) is 0.500. The Hall–Kier alpha value is -0.710. The number of carbonyl (C=O) groups excluding carboxylic acids is 1. The summed E-state index contributed by atoms with van der Waals surface area (Å²) < 4.78 is 0. The Kier molecular flexibility index (Phi) is 3.74. The highest BCUT2D eigenvalue weighted by Crippen LogP contribution is 2.32. The van der Waals surface area contributed by atoms with Crippen molar-refractivity contribution in [3.8, 4) is 0 Å². The van der Waals surface area contributed by atoms with Crippen LogP contribution in [0.15, 0.2) is 24.3 Å². The van der Waals surface area contributed by atoms with Crippen molar-refractivity contribution in [1.82, 2.24) is 9.80 Å². The van der Waals surface area contributed by atoms with Crippen LogP contribution in [-0.4, -0.2) is 46.6 Å². The lowest BCUT2D eigenvalue weighted by Crippen LogP contribution is -2.48. The second kappa shape index (κ2) is 5.35. The fourth-order valence-corrected chi connectivity index (χ4v) is 3.60. The summed E-state index contributed by atoms with van der Waals surface area (Å²) in [6, 6.07) is 8.88. The number of likely N-dealkylation sites (tertiary alicyclic amines) is 2. The quantitative estimate of drug-likeness (QED) is 0.863. The van der Waals surface area contributed by atoms with Gasteiger partial charge in [0.1, 0.15) is 0 Å². The minimum atomic E-state index is 0.165. The highest BCUT2D eigenvalue weighted by Gasteiger charge is 2.44. The third-order valence-corrected chi connectivity index (χ3v) is 4.59. The number of rotatable bonds is 3. The Balaban J connectivity index is 1.64. The van der Waals surface area contributed by atoms with Crippen LogP contribution >= 0.6 is 24.2 Å². The van der Waals surface area contributed by atoms with E-state index in [1.165, 1.54) is 5.56 Å². The first-order valence-corrected chi connectivity index (χ1v) is 7.57. The summed E-state index contributed by atoms with van der Waals surface area (Å²) in [4.78, 5) is 16.2. The summed E-state index contributed by atoms with van der Waals surface area (Å²) in [6.45, 7) is 2.74. The molecular weight excluding hydrogens is 280 g/mol. The first kappa shape index (κ1) is 13.3. The maximum absolute atomic E-state index is 11.7. The molecule has 2 atom stereocenters. The highest BCUT2D eigenvalue weighted by molar-refractivity contribution is 7.81. The van der Waals surface area contributed by atoms with Crippen molar-refractivity contribution >= 4 is 30.1 Å². The number of amides is 1. The van der Waals surface area contributed by atoms with Gasteiger partial charge in [-0.15, -0.1) is 0 Å². The minimum Gasteiger partial charge on any atom is -0.336 e. The van der Waals surface area contributed by atoms with Crippen molar-refractivity contribution in [2.45, 2.75) is 25.0 Å². The van der Waals surface area contributed by atoms with Crippen LogP contribution in [0.2, 0.25) is 5.02 Å². The van der Waals surface area contributed by atoms with Gasteiger partial charge in [-0.05, 0) is 24.1 Å². The van der Waals surface area contributed by atoms with Crippen LogP contribution < -0.4 is 0 Å². The monoisotopic (exact) mass is 296 g/mol. The van der Waals surface area contributed by atoms with E-state index in [-0.39, 0.29) is 5.91 Å². The average Bonchev–Trinajstić information content (AvgIpc) is 2.97. The van der Waals surface area contributed by atoms with Gasteiger partial charge in [0.05, 0.1) is 5.75 Å². The van der Waals surface area contributed by atoms with Gasteiger partial charge in [0.25, 0.3) is 0 Å². The van der Waals surface area contributed by atoms with Crippen LogP contribution in [0.5, 0.6) is 0 Å². The Morgan fingerprint density at radius 2 is 2.21 bits per heavy atom. The molecule has 0 aliphatic carbocycles. The zero-order valence-corrected chi connectivity index (χ0v) is 12.3. The van der Waals surface area contributed by atoms with Gasteiger partial charge >= 0.3 is 0 Å². The maximum Gasteiger partial charge on any atom is 0.232 e. The second-order valence-electron chi connectivity index (χ2n) is 5.31. The Morgan fingerprint density at radius 3 is 2.84 bits per heavy atom. The van der Waals surface area contributed by atoms with E-state index in [4.69, 9.17) is 11.6 Å². The number of hydrogen-bond donors (Lipinski definition) is 1. The molecule has 1 amide bonds. The van der Waals surface area contributed by atoms with E-state index in [1.807, 2.05) is 23.1 Å². The standard InChI is InChI=1S/C14H17ClN2OS/c15-11-3-1-2-10(4-11)6-16-7-13-5-12(16)8-17(13)14(18)9-19/h1-4,12-13,19H,5-9H2/t12-,13-/m0/s1. The van der Waals surface area contributed by atoms with E-state index >= 15 is 0 Å². The number of fused-ring (bicyclic) bond motifs is 2. The fourth-order valence-electron chi connectivity index (χ4n) is 3.21. The maximum atomic E-state index is 11.7. The van der Waals surface area contributed by atoms with Crippen LogP contribution in [-0.2, 0) is 11.3 Å². The Bertz CT molecular complexity index is 496. The van der Waals surface area contributed by atoms with Crippen molar-refractivity contribution in [3.05, 3.63) is 34.9 Å². The summed E-state index contributed by atoms with van der Waals surface area (Å²) in [6.07, 6.45) is 1.10. The predicted molar refractivity (Wildman–Crippen MR) is 79.6 cm³/mol. The van der Waals surface area contributed by atoms with Crippen LogP contribution in [0, 0.1) is 0 Å². The van der Waals surface area contributed by atoms with Gasteiger partial charge in [0.2, 0.25) is 5.91 Å². The molecule has 0 aromatic heterocycles. The number of hydrogen-bond acceptors (Lipinski definition) is 3. The molecule has 0 N–H and O–H groups in total. The molecule has 2 aliphatic heterocycles. The normalized spacial score (nSPS) is 26.1. The SMILES string of the molecule is O=C(CS)N1C[C@@H]2C[C@H]1CN2Cc1cccc(Cl)c1. The first-order valence-electron chi connectivity index (χ1n) is 6.56. The van der Waals surface area contributed by atoms with Gasteiger partial charge in [0.15, 0.2) is 0 Å². The van der Waals surface area contributed by atoms with E-state index in [1.54, 1.807) is 0 Å². The van der Waals surface area contributed by atoms with E-state index < -0.39 is 0 Å². The van der Waals surface area contributed by atoms with E-state index in [0.29, 0.717) is 17.8 Å². The van der Waals surface area contributed by atoms with Crippen LogP contribution in [0.1, 0.15) is 12.0 Å². The molecule has 0 unspecified atom stereocenters. The van der Waals surface area contributed by atoms with E-state index in [2.05, 4.69) is 23.6 Å². The Labute approximate surface area is 123 Å². The first-order chi connectivity index (χ1) is 9.17. The number of halogens is 1. The lowest BCUT2D eigenvalue weighted by molar-refractivity contribution is -0.130. The molecule has 2 saturated heterocycles.